The lowest BCUT2D eigenvalue weighted by Crippen LogP contribution is -2.46. The van der Waals surface area contributed by atoms with Gasteiger partial charge in [0.2, 0.25) is 0 Å². The molecule has 0 aliphatic heterocycles. The van der Waals surface area contributed by atoms with Crippen LogP contribution in [0.3, 0.4) is 0 Å². The van der Waals surface area contributed by atoms with Crippen molar-refractivity contribution < 1.29 is 9.13 Å². The molecule has 1 rings (SSSR count). The Morgan fingerprint density at radius 1 is 1.50 bits per heavy atom. The maximum Gasteiger partial charge on any atom is 0.142 e. The van der Waals surface area contributed by atoms with Crippen molar-refractivity contribution in [3.63, 3.8) is 0 Å². The van der Waals surface area contributed by atoms with E-state index in [1.165, 1.54) is 6.07 Å². The highest BCUT2D eigenvalue weighted by Gasteiger charge is 2.21. The van der Waals surface area contributed by atoms with Crippen LogP contribution >= 0.6 is 11.6 Å². The third-order valence-corrected chi connectivity index (χ3v) is 3.43. The van der Waals surface area contributed by atoms with Crippen LogP contribution in [0.4, 0.5) is 4.39 Å². The molecule has 0 aliphatic carbocycles. The van der Waals surface area contributed by atoms with Crippen molar-refractivity contribution in [2.45, 2.75) is 38.3 Å². The van der Waals surface area contributed by atoms with E-state index in [1.807, 2.05) is 0 Å². The highest BCUT2D eigenvalue weighted by atomic mass is 35.5. The Hall–Kier alpha value is -0.680. The van der Waals surface area contributed by atoms with Crippen LogP contribution < -0.4 is 11.3 Å². The fraction of sp³-hybridized carbons (Fsp3) is 0.538. The van der Waals surface area contributed by atoms with Crippen LogP contribution in [0.2, 0.25) is 5.02 Å². The molecule has 1 aromatic rings. The molecule has 0 bridgehead atoms. The minimum atomic E-state index is -0.408. The van der Waals surface area contributed by atoms with Gasteiger partial charge >= 0.3 is 0 Å². The zero-order valence-electron chi connectivity index (χ0n) is 10.7. The average Bonchev–Trinajstić information content (AvgIpc) is 2.38. The van der Waals surface area contributed by atoms with E-state index >= 15 is 0 Å². The van der Waals surface area contributed by atoms with Gasteiger partial charge in [0.1, 0.15) is 5.82 Å². The standard InChI is InChI=1S/C13H20ClFN2O/c1-3-5-12(18-2)11(17-16)8-9-6-4-7-10(15)13(9)14/h4,6-7,11-12,17H,3,5,8,16H2,1-2H3. The van der Waals surface area contributed by atoms with Crippen LogP contribution in [0.5, 0.6) is 0 Å². The van der Waals surface area contributed by atoms with E-state index < -0.39 is 5.82 Å². The monoisotopic (exact) mass is 274 g/mol. The van der Waals surface area contributed by atoms with Crippen LogP contribution in [0.25, 0.3) is 0 Å². The molecule has 0 amide bonds. The summed E-state index contributed by atoms with van der Waals surface area (Å²) in [7, 11) is 1.65. The van der Waals surface area contributed by atoms with Crippen molar-refractivity contribution in [2.75, 3.05) is 7.11 Å². The first-order valence-electron chi connectivity index (χ1n) is 6.05. The van der Waals surface area contributed by atoms with Gasteiger partial charge in [-0.2, -0.15) is 0 Å². The fourth-order valence-electron chi connectivity index (χ4n) is 2.01. The summed E-state index contributed by atoms with van der Waals surface area (Å²) in [6.07, 6.45) is 2.40. The zero-order chi connectivity index (χ0) is 13.5. The van der Waals surface area contributed by atoms with Crippen LogP contribution in [0.15, 0.2) is 18.2 Å². The van der Waals surface area contributed by atoms with Gasteiger partial charge in [-0.3, -0.25) is 11.3 Å². The van der Waals surface area contributed by atoms with Gasteiger partial charge in [0.25, 0.3) is 0 Å². The molecule has 2 atom stereocenters. The van der Waals surface area contributed by atoms with Gasteiger partial charge in [-0.25, -0.2) is 4.39 Å². The maximum absolute atomic E-state index is 13.3. The summed E-state index contributed by atoms with van der Waals surface area (Å²) in [5.74, 6) is 5.14. The van der Waals surface area contributed by atoms with Gasteiger partial charge in [-0.15, -0.1) is 0 Å². The smallest absolute Gasteiger partial charge is 0.142 e. The third kappa shape index (κ3) is 3.92. The fourth-order valence-corrected chi connectivity index (χ4v) is 2.21. The summed E-state index contributed by atoms with van der Waals surface area (Å²) in [6, 6.07) is 4.70. The quantitative estimate of drug-likeness (QED) is 0.594. The Balaban J connectivity index is 2.81. The molecule has 0 radical (unpaired) electrons. The van der Waals surface area contributed by atoms with Crippen molar-refractivity contribution in [3.8, 4) is 0 Å². The number of hydrogen-bond acceptors (Lipinski definition) is 3. The predicted molar refractivity (Wildman–Crippen MR) is 71.9 cm³/mol. The number of hydrogen-bond donors (Lipinski definition) is 2. The number of methoxy groups -OCH3 is 1. The van der Waals surface area contributed by atoms with E-state index in [1.54, 1.807) is 19.2 Å². The molecule has 5 heteroatoms. The highest BCUT2D eigenvalue weighted by molar-refractivity contribution is 6.31. The molecule has 102 valence electrons. The summed E-state index contributed by atoms with van der Waals surface area (Å²) < 4.78 is 18.8. The third-order valence-electron chi connectivity index (χ3n) is 3.01. The van der Waals surface area contributed by atoms with Crippen molar-refractivity contribution in [3.05, 3.63) is 34.6 Å². The molecule has 3 N–H and O–H groups in total. The molecule has 0 heterocycles. The summed E-state index contributed by atoms with van der Waals surface area (Å²) >= 11 is 5.93. The first kappa shape index (κ1) is 15.4. The van der Waals surface area contributed by atoms with E-state index in [9.17, 15) is 4.39 Å². The normalized spacial score (nSPS) is 14.5. The lowest BCUT2D eigenvalue weighted by molar-refractivity contribution is 0.0609. The van der Waals surface area contributed by atoms with Gasteiger partial charge in [0.15, 0.2) is 0 Å². The van der Waals surface area contributed by atoms with E-state index in [0.29, 0.717) is 6.42 Å². The number of ether oxygens (including phenoxy) is 1. The lowest BCUT2D eigenvalue weighted by Gasteiger charge is -2.25. The predicted octanol–water partition coefficient (Wildman–Crippen LogP) is 2.67. The molecule has 0 saturated carbocycles. The number of hydrazine groups is 1. The van der Waals surface area contributed by atoms with E-state index in [-0.39, 0.29) is 17.2 Å². The Morgan fingerprint density at radius 2 is 2.22 bits per heavy atom. The van der Waals surface area contributed by atoms with Gasteiger partial charge in [0, 0.05) is 7.11 Å². The second kappa shape index (κ2) is 7.69. The molecule has 18 heavy (non-hydrogen) atoms. The van der Waals surface area contributed by atoms with Crippen molar-refractivity contribution in [2.24, 2.45) is 5.84 Å². The van der Waals surface area contributed by atoms with Crippen molar-refractivity contribution in [1.82, 2.24) is 5.43 Å². The molecule has 0 aromatic heterocycles. The molecule has 1 aromatic carbocycles. The largest absolute Gasteiger partial charge is 0.380 e. The van der Waals surface area contributed by atoms with Crippen LogP contribution in [-0.4, -0.2) is 19.3 Å². The summed E-state index contributed by atoms with van der Waals surface area (Å²) in [4.78, 5) is 0. The molecular weight excluding hydrogens is 255 g/mol. The van der Waals surface area contributed by atoms with E-state index in [0.717, 1.165) is 18.4 Å². The second-order valence-corrected chi connectivity index (χ2v) is 4.63. The van der Waals surface area contributed by atoms with Crippen LogP contribution in [0.1, 0.15) is 25.3 Å². The molecule has 2 unspecified atom stereocenters. The summed E-state index contributed by atoms with van der Waals surface area (Å²) in [5, 5.41) is 0.157. The Kier molecular flexibility index (Phi) is 6.57. The zero-order valence-corrected chi connectivity index (χ0v) is 11.5. The number of nitrogens with one attached hydrogen (secondary N) is 1. The minimum absolute atomic E-state index is 0.0145. The van der Waals surface area contributed by atoms with Gasteiger partial charge in [-0.05, 0) is 24.5 Å². The second-order valence-electron chi connectivity index (χ2n) is 4.25. The van der Waals surface area contributed by atoms with Gasteiger partial charge in [-0.1, -0.05) is 37.1 Å². The lowest BCUT2D eigenvalue weighted by atomic mass is 9.98. The first-order chi connectivity index (χ1) is 8.63. The molecule has 3 nitrogen and oxygen atoms in total. The first-order valence-corrected chi connectivity index (χ1v) is 6.43. The molecule has 0 aliphatic rings. The summed E-state index contributed by atoms with van der Waals surface area (Å²) in [6.45, 7) is 2.08. The van der Waals surface area contributed by atoms with Gasteiger partial charge in [0.05, 0.1) is 17.2 Å². The molecular formula is C13H20ClFN2O. The number of nitrogens with two attached hydrogens (primary N) is 1. The topological polar surface area (TPSA) is 47.3 Å². The Bertz CT molecular complexity index is 376. The maximum atomic E-state index is 13.3. The molecule has 0 fully saturated rings. The van der Waals surface area contributed by atoms with Crippen molar-refractivity contribution in [1.29, 1.82) is 0 Å². The highest BCUT2D eigenvalue weighted by Crippen LogP contribution is 2.22. The minimum Gasteiger partial charge on any atom is -0.380 e. The van der Waals surface area contributed by atoms with Crippen LogP contribution in [-0.2, 0) is 11.2 Å². The SMILES string of the molecule is CCCC(OC)C(Cc1cccc(F)c1Cl)NN. The number of rotatable bonds is 7. The number of halogens is 2. The Morgan fingerprint density at radius 3 is 2.78 bits per heavy atom. The average molecular weight is 275 g/mol. The number of benzene rings is 1. The molecule has 0 spiro atoms. The van der Waals surface area contributed by atoms with E-state index in [2.05, 4.69) is 12.3 Å². The van der Waals surface area contributed by atoms with Gasteiger partial charge < -0.3 is 4.74 Å². The Labute approximate surface area is 112 Å². The molecule has 0 saturated heterocycles. The van der Waals surface area contributed by atoms with Crippen molar-refractivity contribution >= 4 is 11.6 Å². The van der Waals surface area contributed by atoms with Crippen LogP contribution in [0, 0.1) is 5.82 Å². The summed E-state index contributed by atoms with van der Waals surface area (Å²) in [5.41, 5.74) is 3.46. The van der Waals surface area contributed by atoms with E-state index in [4.69, 9.17) is 22.2 Å².